The molecule has 43 heavy (non-hydrogen) atoms. The predicted octanol–water partition coefficient (Wildman–Crippen LogP) is 1.89. The molecule has 0 aromatic carbocycles. The number of nitrogens with zero attached hydrogens (tertiary/aromatic N) is 6. The number of nitrogen functional groups attached to an aromatic ring is 1. The fourth-order valence-corrected chi connectivity index (χ4v) is 5.71. The first-order valence-corrected chi connectivity index (χ1v) is 15.9. The van der Waals surface area contributed by atoms with Crippen molar-refractivity contribution in [2.45, 2.75) is 102 Å². The molecule has 7 N–H and O–H groups in total. The molecule has 3 heterocycles. The first kappa shape index (κ1) is 32.4. The molecule has 0 spiro atoms. The van der Waals surface area contributed by atoms with Crippen LogP contribution in [0.2, 0.25) is 0 Å². The Kier molecular flexibility index (Phi) is 13.2. The molecule has 238 valence electrons. The standard InChI is InChI=1S/C29H49N11O3/c30-25-18-26(39-16-5-10-23(20-39)34-27(41)11-4-12-28(42)43)36-29(35-25)33-19-24-21-40(38-37-24)17-7-14-31-13-6-15-32-22-8-2-1-3-9-22/h18,21-23,31-32H,1-17,19-20H2,(H,34,41)(H,42,43)(H3,30,33,35,36). The summed E-state index contributed by atoms with van der Waals surface area (Å²) in [5.41, 5.74) is 6.89. The van der Waals surface area contributed by atoms with Crippen molar-refractivity contribution in [2.75, 3.05) is 48.7 Å². The van der Waals surface area contributed by atoms with E-state index in [4.69, 9.17) is 10.8 Å². The van der Waals surface area contributed by atoms with Crippen molar-refractivity contribution in [3.8, 4) is 0 Å². The molecule has 1 saturated heterocycles. The zero-order valence-corrected chi connectivity index (χ0v) is 25.3. The Hall–Kier alpha value is -3.52. The molecule has 0 bridgehead atoms. The van der Waals surface area contributed by atoms with E-state index in [0.29, 0.717) is 37.1 Å². The molecule has 1 aliphatic heterocycles. The second-order valence-corrected chi connectivity index (χ2v) is 11.6. The number of aromatic nitrogens is 5. The van der Waals surface area contributed by atoms with E-state index in [-0.39, 0.29) is 24.8 Å². The van der Waals surface area contributed by atoms with Crippen molar-refractivity contribution in [3.05, 3.63) is 18.0 Å². The summed E-state index contributed by atoms with van der Waals surface area (Å²) >= 11 is 0. The average molecular weight is 600 g/mol. The summed E-state index contributed by atoms with van der Waals surface area (Å²) < 4.78 is 1.86. The van der Waals surface area contributed by atoms with Crippen molar-refractivity contribution in [3.63, 3.8) is 0 Å². The molecule has 1 aliphatic carbocycles. The van der Waals surface area contributed by atoms with Crippen LogP contribution in [0.1, 0.15) is 82.7 Å². The molecule has 1 saturated carbocycles. The summed E-state index contributed by atoms with van der Waals surface area (Å²) in [5.74, 6) is 0.443. The Bertz CT molecular complexity index is 1140. The predicted molar refractivity (Wildman–Crippen MR) is 166 cm³/mol. The minimum atomic E-state index is -0.890. The zero-order valence-electron chi connectivity index (χ0n) is 25.3. The van der Waals surface area contributed by atoms with Gasteiger partial charge in [-0.3, -0.25) is 14.3 Å². The molecule has 4 rings (SSSR count). The molecule has 2 aliphatic rings. The number of aliphatic carboxylic acids is 1. The number of nitrogens with one attached hydrogen (secondary N) is 4. The van der Waals surface area contributed by atoms with Crippen LogP contribution in [0, 0.1) is 0 Å². The highest BCUT2D eigenvalue weighted by Gasteiger charge is 2.23. The van der Waals surface area contributed by atoms with Gasteiger partial charge < -0.3 is 37.0 Å². The van der Waals surface area contributed by atoms with Gasteiger partial charge >= 0.3 is 5.97 Å². The lowest BCUT2D eigenvalue weighted by atomic mass is 9.95. The number of carboxylic acids is 1. The molecule has 0 radical (unpaired) electrons. The fraction of sp³-hybridized carbons (Fsp3) is 0.724. The van der Waals surface area contributed by atoms with Crippen LogP contribution < -0.4 is 31.9 Å². The van der Waals surface area contributed by atoms with Crippen LogP contribution in [0.3, 0.4) is 0 Å². The van der Waals surface area contributed by atoms with Crippen molar-refractivity contribution in [1.29, 1.82) is 0 Å². The molecule has 14 nitrogen and oxygen atoms in total. The lowest BCUT2D eigenvalue weighted by molar-refractivity contribution is -0.137. The molecule has 2 aromatic heterocycles. The van der Waals surface area contributed by atoms with E-state index < -0.39 is 5.97 Å². The van der Waals surface area contributed by atoms with Crippen molar-refractivity contribution in [2.24, 2.45) is 0 Å². The van der Waals surface area contributed by atoms with E-state index in [2.05, 4.69) is 46.4 Å². The number of nitrogens with two attached hydrogens (primary N) is 1. The van der Waals surface area contributed by atoms with Gasteiger partial charge in [-0.2, -0.15) is 9.97 Å². The van der Waals surface area contributed by atoms with E-state index in [1.807, 2.05) is 10.9 Å². The van der Waals surface area contributed by atoms with Crippen molar-refractivity contribution < 1.29 is 14.7 Å². The molecular weight excluding hydrogens is 550 g/mol. The summed E-state index contributed by atoms with van der Waals surface area (Å²) in [6.45, 7) is 5.67. The summed E-state index contributed by atoms with van der Waals surface area (Å²) in [6.07, 6.45) is 13.1. The Balaban J connectivity index is 1.13. The maximum atomic E-state index is 12.2. The van der Waals surface area contributed by atoms with Gasteiger partial charge in [0, 0.05) is 50.6 Å². The molecule has 1 amide bonds. The van der Waals surface area contributed by atoms with Crippen LogP contribution in [-0.2, 0) is 22.7 Å². The number of carbonyl (C=O) groups excluding carboxylic acids is 1. The number of hydrogen-bond acceptors (Lipinski definition) is 11. The second-order valence-electron chi connectivity index (χ2n) is 11.6. The Morgan fingerprint density at radius 2 is 1.79 bits per heavy atom. The summed E-state index contributed by atoms with van der Waals surface area (Å²) in [4.78, 5) is 34.0. The molecule has 2 fully saturated rings. The average Bonchev–Trinajstić information content (AvgIpc) is 3.45. The number of piperidine rings is 1. The highest BCUT2D eigenvalue weighted by Crippen LogP contribution is 2.22. The van der Waals surface area contributed by atoms with E-state index in [1.54, 1.807) is 6.07 Å². The fourth-order valence-electron chi connectivity index (χ4n) is 5.71. The molecule has 14 heteroatoms. The zero-order chi connectivity index (χ0) is 30.3. The first-order valence-electron chi connectivity index (χ1n) is 15.9. The van der Waals surface area contributed by atoms with Gasteiger partial charge in [0.05, 0.1) is 12.7 Å². The third-order valence-electron chi connectivity index (χ3n) is 7.96. The lowest BCUT2D eigenvalue weighted by Gasteiger charge is -2.34. The topological polar surface area (TPSA) is 188 Å². The van der Waals surface area contributed by atoms with E-state index in [0.717, 1.165) is 70.1 Å². The smallest absolute Gasteiger partial charge is 0.303 e. The Morgan fingerprint density at radius 3 is 2.63 bits per heavy atom. The molecular formula is C29H49N11O3. The highest BCUT2D eigenvalue weighted by molar-refractivity contribution is 5.77. The van der Waals surface area contributed by atoms with Crippen LogP contribution in [0.15, 0.2) is 12.3 Å². The third-order valence-corrected chi connectivity index (χ3v) is 7.96. The minimum absolute atomic E-state index is 0.00743. The summed E-state index contributed by atoms with van der Waals surface area (Å²) in [6, 6.07) is 2.43. The van der Waals surface area contributed by atoms with Gasteiger partial charge in [0.25, 0.3) is 0 Å². The van der Waals surface area contributed by atoms with Gasteiger partial charge in [-0.15, -0.1) is 5.10 Å². The Morgan fingerprint density at radius 1 is 0.977 bits per heavy atom. The number of aryl methyl sites for hydroxylation is 1. The van der Waals surface area contributed by atoms with E-state index >= 15 is 0 Å². The lowest BCUT2D eigenvalue weighted by Crippen LogP contribution is -2.48. The van der Waals surface area contributed by atoms with Gasteiger partial charge in [-0.1, -0.05) is 24.5 Å². The van der Waals surface area contributed by atoms with Crippen LogP contribution >= 0.6 is 0 Å². The SMILES string of the molecule is Nc1cc(N2CCCC(NC(=O)CCCC(=O)O)C2)nc(NCc2cn(CCCNCCCNC3CCCCC3)nn2)n1. The van der Waals surface area contributed by atoms with Crippen LogP contribution in [0.5, 0.6) is 0 Å². The van der Waals surface area contributed by atoms with Crippen molar-refractivity contribution >= 4 is 29.5 Å². The van der Waals surface area contributed by atoms with E-state index in [1.165, 1.54) is 32.1 Å². The Labute approximate surface area is 254 Å². The van der Waals surface area contributed by atoms with Crippen molar-refractivity contribution in [1.82, 2.24) is 40.9 Å². The number of carbonyl (C=O) groups is 2. The second kappa shape index (κ2) is 17.6. The maximum absolute atomic E-state index is 12.2. The number of anilines is 3. The van der Waals surface area contributed by atoms with E-state index in [9.17, 15) is 9.59 Å². The highest BCUT2D eigenvalue weighted by atomic mass is 16.4. The summed E-state index contributed by atoms with van der Waals surface area (Å²) in [7, 11) is 0. The number of hydrogen-bond donors (Lipinski definition) is 6. The van der Waals surface area contributed by atoms with Gasteiger partial charge in [0.2, 0.25) is 11.9 Å². The number of amides is 1. The van der Waals surface area contributed by atoms with Crippen LogP contribution in [-0.4, -0.2) is 86.8 Å². The minimum Gasteiger partial charge on any atom is -0.481 e. The molecule has 2 aromatic rings. The largest absolute Gasteiger partial charge is 0.481 e. The maximum Gasteiger partial charge on any atom is 0.303 e. The number of rotatable bonds is 18. The monoisotopic (exact) mass is 599 g/mol. The molecule has 1 unspecified atom stereocenters. The van der Waals surface area contributed by atoms with Crippen LogP contribution in [0.25, 0.3) is 0 Å². The normalized spacial score (nSPS) is 17.6. The van der Waals surface area contributed by atoms with Gasteiger partial charge in [0.1, 0.15) is 17.3 Å². The van der Waals surface area contributed by atoms with Gasteiger partial charge in [-0.05, 0) is 64.6 Å². The quantitative estimate of drug-likeness (QED) is 0.137. The molecule has 1 atom stereocenters. The third kappa shape index (κ3) is 11.9. The van der Waals surface area contributed by atoms with Gasteiger partial charge in [0.15, 0.2) is 0 Å². The number of carboxylic acid groups (broad SMARTS) is 1. The van der Waals surface area contributed by atoms with Gasteiger partial charge in [-0.25, -0.2) is 0 Å². The first-order chi connectivity index (χ1) is 20.9. The van der Waals surface area contributed by atoms with Crippen LogP contribution in [0.4, 0.5) is 17.6 Å². The summed E-state index contributed by atoms with van der Waals surface area (Å²) in [5, 5.41) is 30.7.